The lowest BCUT2D eigenvalue weighted by Gasteiger charge is -2.27. The van der Waals surface area contributed by atoms with Gasteiger partial charge in [-0.15, -0.1) is 0 Å². The lowest BCUT2D eigenvalue weighted by atomic mass is 10.1. The summed E-state index contributed by atoms with van der Waals surface area (Å²) in [6, 6.07) is 17.1. The molecule has 2 saturated heterocycles. The molecule has 2 aromatic rings. The minimum absolute atomic E-state index is 0.744. The number of anilines is 1. The Morgan fingerprint density at radius 3 is 2.60 bits per heavy atom. The third-order valence-corrected chi connectivity index (χ3v) is 5.25. The number of likely N-dealkylation sites (N-methyl/N-ethyl adjacent to an activating group) is 1. The molecule has 2 atom stereocenters. The van der Waals surface area contributed by atoms with Crippen LogP contribution in [0.2, 0.25) is 0 Å². The summed E-state index contributed by atoms with van der Waals surface area (Å²) in [5.41, 5.74) is 1.39. The van der Waals surface area contributed by atoms with Gasteiger partial charge < -0.3 is 4.90 Å². The van der Waals surface area contributed by atoms with E-state index >= 15 is 0 Å². The van der Waals surface area contributed by atoms with Gasteiger partial charge in [0.25, 0.3) is 0 Å². The normalized spacial score (nSPS) is 26.9. The van der Waals surface area contributed by atoms with E-state index in [4.69, 9.17) is 0 Å². The van der Waals surface area contributed by atoms with Crippen LogP contribution in [0.5, 0.6) is 0 Å². The fourth-order valence-corrected chi connectivity index (χ4v) is 3.92. The Labute approximate surface area is 121 Å². The quantitative estimate of drug-likeness (QED) is 0.779. The van der Waals surface area contributed by atoms with Crippen molar-refractivity contribution in [2.45, 2.75) is 31.3 Å². The SMILES string of the molecule is CN1C2CCC1CN(c1ccc3ccccc3c1)CC2. The van der Waals surface area contributed by atoms with Crippen LogP contribution in [0.25, 0.3) is 10.8 Å². The van der Waals surface area contributed by atoms with Crippen molar-refractivity contribution < 1.29 is 0 Å². The van der Waals surface area contributed by atoms with Gasteiger partial charge >= 0.3 is 0 Å². The average Bonchev–Trinajstić information content (AvgIpc) is 2.72. The third kappa shape index (κ3) is 1.99. The summed E-state index contributed by atoms with van der Waals surface area (Å²) >= 11 is 0. The number of nitrogens with zero attached hydrogens (tertiary/aromatic N) is 2. The fourth-order valence-electron chi connectivity index (χ4n) is 3.92. The first kappa shape index (κ1) is 12.2. The zero-order valence-electron chi connectivity index (χ0n) is 12.1. The Hall–Kier alpha value is -1.54. The van der Waals surface area contributed by atoms with E-state index in [9.17, 15) is 0 Å². The van der Waals surface area contributed by atoms with Crippen molar-refractivity contribution >= 4 is 16.5 Å². The molecule has 2 nitrogen and oxygen atoms in total. The zero-order chi connectivity index (χ0) is 13.5. The lowest BCUT2D eigenvalue weighted by Crippen LogP contribution is -2.36. The van der Waals surface area contributed by atoms with Crippen LogP contribution in [0.15, 0.2) is 42.5 Å². The number of hydrogen-bond donors (Lipinski definition) is 0. The molecule has 2 heteroatoms. The van der Waals surface area contributed by atoms with E-state index < -0.39 is 0 Å². The van der Waals surface area contributed by atoms with E-state index in [1.54, 1.807) is 0 Å². The van der Waals surface area contributed by atoms with Crippen LogP contribution < -0.4 is 4.90 Å². The number of hydrogen-bond acceptors (Lipinski definition) is 2. The van der Waals surface area contributed by atoms with E-state index in [2.05, 4.69) is 59.3 Å². The van der Waals surface area contributed by atoms with Gasteiger partial charge in [0.15, 0.2) is 0 Å². The third-order valence-electron chi connectivity index (χ3n) is 5.25. The molecule has 2 aliphatic rings. The summed E-state index contributed by atoms with van der Waals surface area (Å²) in [7, 11) is 2.31. The van der Waals surface area contributed by atoms with Gasteiger partial charge in [0.1, 0.15) is 0 Å². The van der Waals surface area contributed by atoms with Gasteiger partial charge in [-0.1, -0.05) is 30.3 Å². The van der Waals surface area contributed by atoms with Crippen molar-refractivity contribution in [1.82, 2.24) is 4.90 Å². The van der Waals surface area contributed by atoms with Crippen molar-refractivity contribution in [2.24, 2.45) is 0 Å². The zero-order valence-corrected chi connectivity index (χ0v) is 12.1. The van der Waals surface area contributed by atoms with Gasteiger partial charge in [0, 0.05) is 30.9 Å². The fraction of sp³-hybridized carbons (Fsp3) is 0.444. The predicted molar refractivity (Wildman–Crippen MR) is 85.4 cm³/mol. The molecular weight excluding hydrogens is 244 g/mol. The first-order valence-corrected chi connectivity index (χ1v) is 7.77. The molecule has 0 spiro atoms. The summed E-state index contributed by atoms with van der Waals surface area (Å²) in [6.45, 7) is 2.38. The van der Waals surface area contributed by atoms with Crippen molar-refractivity contribution in [3.8, 4) is 0 Å². The molecule has 20 heavy (non-hydrogen) atoms. The van der Waals surface area contributed by atoms with Crippen molar-refractivity contribution in [1.29, 1.82) is 0 Å². The Balaban J connectivity index is 1.65. The maximum Gasteiger partial charge on any atom is 0.0373 e. The summed E-state index contributed by atoms with van der Waals surface area (Å²) in [5, 5.41) is 2.69. The molecule has 2 aromatic carbocycles. The molecule has 2 fully saturated rings. The summed E-state index contributed by atoms with van der Waals surface area (Å²) in [6.07, 6.45) is 4.07. The molecule has 2 unspecified atom stereocenters. The van der Waals surface area contributed by atoms with Crippen LogP contribution in [-0.2, 0) is 0 Å². The standard InChI is InChI=1S/C18H22N2/c1-19-16-8-9-18(19)13-20(11-10-16)17-7-6-14-4-2-3-5-15(14)12-17/h2-7,12,16,18H,8-11,13H2,1H3. The molecule has 0 saturated carbocycles. The molecule has 0 N–H and O–H groups in total. The van der Waals surface area contributed by atoms with E-state index in [-0.39, 0.29) is 0 Å². The highest BCUT2D eigenvalue weighted by Gasteiger charge is 2.34. The van der Waals surface area contributed by atoms with E-state index in [1.165, 1.54) is 48.8 Å². The topological polar surface area (TPSA) is 6.48 Å². The van der Waals surface area contributed by atoms with Crippen LogP contribution in [-0.4, -0.2) is 37.1 Å². The molecule has 2 bridgehead atoms. The molecule has 104 valence electrons. The van der Waals surface area contributed by atoms with Gasteiger partial charge in [-0.3, -0.25) is 4.90 Å². The van der Waals surface area contributed by atoms with E-state index in [1.807, 2.05) is 0 Å². The Morgan fingerprint density at radius 2 is 1.70 bits per heavy atom. The summed E-state index contributed by atoms with van der Waals surface area (Å²) in [4.78, 5) is 5.20. The monoisotopic (exact) mass is 266 g/mol. The van der Waals surface area contributed by atoms with Crippen LogP contribution in [0.1, 0.15) is 19.3 Å². The molecule has 0 radical (unpaired) electrons. The lowest BCUT2D eigenvalue weighted by molar-refractivity contribution is 0.254. The Kier molecular flexibility index (Phi) is 2.92. The van der Waals surface area contributed by atoms with Gasteiger partial charge in [0.05, 0.1) is 0 Å². The molecular formula is C18H22N2. The second-order valence-corrected chi connectivity index (χ2v) is 6.32. The largest absolute Gasteiger partial charge is 0.370 e. The van der Waals surface area contributed by atoms with Gasteiger partial charge in [-0.05, 0) is 49.2 Å². The van der Waals surface area contributed by atoms with Gasteiger partial charge in [-0.2, -0.15) is 0 Å². The molecule has 4 rings (SSSR count). The van der Waals surface area contributed by atoms with E-state index in [0.717, 1.165) is 12.1 Å². The molecule has 2 aliphatic heterocycles. The number of benzene rings is 2. The maximum atomic E-state index is 2.61. The molecule has 0 amide bonds. The highest BCUT2D eigenvalue weighted by Crippen LogP contribution is 2.31. The van der Waals surface area contributed by atoms with Crippen molar-refractivity contribution in [3.05, 3.63) is 42.5 Å². The molecule has 0 aromatic heterocycles. The highest BCUT2D eigenvalue weighted by atomic mass is 15.3. The molecule has 0 aliphatic carbocycles. The van der Waals surface area contributed by atoms with Crippen molar-refractivity contribution in [2.75, 3.05) is 25.0 Å². The maximum absolute atomic E-state index is 2.61. The van der Waals surface area contributed by atoms with Gasteiger partial charge in [-0.25, -0.2) is 0 Å². The number of fused-ring (bicyclic) bond motifs is 3. The minimum atomic E-state index is 0.744. The first-order valence-electron chi connectivity index (χ1n) is 7.77. The average molecular weight is 266 g/mol. The summed E-state index contributed by atoms with van der Waals surface area (Å²) in [5.74, 6) is 0. The van der Waals surface area contributed by atoms with E-state index in [0.29, 0.717) is 0 Å². The molecule has 2 heterocycles. The minimum Gasteiger partial charge on any atom is -0.370 e. The van der Waals surface area contributed by atoms with Crippen LogP contribution in [0.3, 0.4) is 0 Å². The predicted octanol–water partition coefficient (Wildman–Crippen LogP) is 3.51. The Morgan fingerprint density at radius 1 is 0.900 bits per heavy atom. The highest BCUT2D eigenvalue weighted by molar-refractivity contribution is 5.85. The summed E-state index contributed by atoms with van der Waals surface area (Å²) < 4.78 is 0. The van der Waals surface area contributed by atoms with Gasteiger partial charge in [0.2, 0.25) is 0 Å². The van der Waals surface area contributed by atoms with Crippen molar-refractivity contribution in [3.63, 3.8) is 0 Å². The second-order valence-electron chi connectivity index (χ2n) is 6.32. The first-order chi connectivity index (χ1) is 9.81. The van der Waals surface area contributed by atoms with Crippen LogP contribution in [0, 0.1) is 0 Å². The second kappa shape index (κ2) is 4.78. The smallest absolute Gasteiger partial charge is 0.0373 e. The number of rotatable bonds is 1. The van der Waals surface area contributed by atoms with Crippen LogP contribution in [0.4, 0.5) is 5.69 Å². The van der Waals surface area contributed by atoms with Crippen LogP contribution >= 0.6 is 0 Å². The Bertz CT molecular complexity index is 622.